The second kappa shape index (κ2) is 9.49. The number of amides is 1. The summed E-state index contributed by atoms with van der Waals surface area (Å²) in [5.41, 5.74) is 0. The van der Waals surface area contributed by atoms with Crippen molar-refractivity contribution in [1.29, 1.82) is 0 Å². The molecule has 0 aliphatic rings. The third-order valence-electron chi connectivity index (χ3n) is 2.87. The summed E-state index contributed by atoms with van der Waals surface area (Å²) in [6.07, 6.45) is 2.68. The fraction of sp³-hybridized carbons (Fsp3) is 0.769. The van der Waals surface area contributed by atoms with E-state index in [9.17, 15) is 14.4 Å². The average molecular weight is 273 g/mol. The van der Waals surface area contributed by atoms with Crippen LogP contribution in [0.2, 0.25) is 0 Å². The number of hydrogen-bond acceptors (Lipinski definition) is 4. The molecule has 3 N–H and O–H groups in total. The molecule has 1 atom stereocenters. The molecular formula is C13H23NO5. The number of carboxylic acids is 1. The summed E-state index contributed by atoms with van der Waals surface area (Å²) in [6, 6.07) is -1.26. The summed E-state index contributed by atoms with van der Waals surface area (Å²) in [5.74, 6) is -2.42. The highest BCUT2D eigenvalue weighted by Gasteiger charge is 2.26. The van der Waals surface area contributed by atoms with Crippen LogP contribution in [0.25, 0.3) is 0 Å². The number of hydrogen-bond donors (Lipinski definition) is 3. The lowest BCUT2D eigenvalue weighted by Crippen LogP contribution is -2.45. The topological polar surface area (TPSA) is 104 Å². The Morgan fingerprint density at radius 2 is 1.63 bits per heavy atom. The van der Waals surface area contributed by atoms with Gasteiger partial charge in [0.05, 0.1) is 0 Å². The molecule has 0 aliphatic heterocycles. The van der Waals surface area contributed by atoms with Crippen LogP contribution >= 0.6 is 0 Å². The molecular weight excluding hydrogens is 250 g/mol. The van der Waals surface area contributed by atoms with Crippen molar-refractivity contribution in [2.45, 2.75) is 52.0 Å². The molecule has 0 bridgehead atoms. The molecule has 0 aliphatic carbocycles. The van der Waals surface area contributed by atoms with E-state index in [0.29, 0.717) is 12.8 Å². The van der Waals surface area contributed by atoms with Crippen LogP contribution in [0.15, 0.2) is 0 Å². The normalized spacial score (nSPS) is 12.2. The van der Waals surface area contributed by atoms with Crippen LogP contribution in [0.4, 0.5) is 0 Å². The number of aliphatic hydroxyl groups excluding tert-OH is 1. The van der Waals surface area contributed by atoms with Crippen molar-refractivity contribution in [2.24, 2.45) is 5.92 Å². The van der Waals surface area contributed by atoms with E-state index < -0.39 is 24.4 Å². The van der Waals surface area contributed by atoms with Crippen LogP contribution in [0.1, 0.15) is 46.0 Å². The van der Waals surface area contributed by atoms with E-state index in [4.69, 9.17) is 10.2 Å². The molecule has 0 saturated heterocycles. The van der Waals surface area contributed by atoms with Crippen LogP contribution in [0.5, 0.6) is 0 Å². The maximum atomic E-state index is 12.0. The largest absolute Gasteiger partial charge is 0.480 e. The van der Waals surface area contributed by atoms with Crippen molar-refractivity contribution >= 4 is 17.7 Å². The zero-order valence-electron chi connectivity index (χ0n) is 11.5. The first-order chi connectivity index (χ1) is 8.96. The number of rotatable bonds is 10. The molecule has 19 heavy (non-hydrogen) atoms. The zero-order valence-corrected chi connectivity index (χ0v) is 11.5. The number of nitrogens with one attached hydrogen (secondary N) is 1. The third-order valence-corrected chi connectivity index (χ3v) is 2.87. The van der Waals surface area contributed by atoms with Gasteiger partial charge in [0.25, 0.3) is 0 Å². The number of carbonyl (C=O) groups excluding carboxylic acids is 2. The van der Waals surface area contributed by atoms with Gasteiger partial charge in [0.2, 0.25) is 5.91 Å². The lowest BCUT2D eigenvalue weighted by atomic mass is 9.96. The Morgan fingerprint density at radius 1 is 1.11 bits per heavy atom. The lowest BCUT2D eigenvalue weighted by Gasteiger charge is -2.19. The molecule has 0 aromatic heterocycles. The molecule has 0 rings (SSSR count). The number of carbonyl (C=O) groups is 3. The van der Waals surface area contributed by atoms with Gasteiger partial charge in [0, 0.05) is 12.3 Å². The number of Topliss-reactive ketones (excluding diaryl/α,β-unsaturated/α-hetero) is 1. The van der Waals surface area contributed by atoms with E-state index in [-0.39, 0.29) is 18.2 Å². The molecule has 110 valence electrons. The lowest BCUT2D eigenvalue weighted by molar-refractivity contribution is -0.144. The molecule has 0 aromatic rings. The molecule has 6 heteroatoms. The first-order valence-corrected chi connectivity index (χ1v) is 6.61. The average Bonchev–Trinajstić information content (AvgIpc) is 2.37. The van der Waals surface area contributed by atoms with Gasteiger partial charge in [-0.05, 0) is 12.8 Å². The molecule has 0 radical (unpaired) electrons. The second-order valence-corrected chi connectivity index (χ2v) is 4.57. The third kappa shape index (κ3) is 6.91. The van der Waals surface area contributed by atoms with Gasteiger partial charge in [-0.25, -0.2) is 4.79 Å². The van der Waals surface area contributed by atoms with Gasteiger partial charge in [0.1, 0.15) is 12.6 Å². The summed E-state index contributed by atoms with van der Waals surface area (Å²) >= 11 is 0. The Bertz CT molecular complexity index is 310. The molecule has 0 unspecified atom stereocenters. The fourth-order valence-electron chi connectivity index (χ4n) is 1.89. The Morgan fingerprint density at radius 3 is 2.00 bits per heavy atom. The number of aliphatic carboxylic acids is 1. The van der Waals surface area contributed by atoms with Crippen LogP contribution < -0.4 is 5.32 Å². The van der Waals surface area contributed by atoms with Crippen molar-refractivity contribution in [3.63, 3.8) is 0 Å². The Labute approximate surface area is 113 Å². The summed E-state index contributed by atoms with van der Waals surface area (Å²) in [6.45, 7) is 3.20. The van der Waals surface area contributed by atoms with Gasteiger partial charge in [-0.1, -0.05) is 26.7 Å². The smallest absolute Gasteiger partial charge is 0.326 e. The minimum absolute atomic E-state index is 0.221. The maximum absolute atomic E-state index is 12.0. The van der Waals surface area contributed by atoms with E-state index >= 15 is 0 Å². The summed E-state index contributed by atoms with van der Waals surface area (Å²) in [7, 11) is 0. The van der Waals surface area contributed by atoms with Crippen LogP contribution in [-0.2, 0) is 14.4 Å². The van der Waals surface area contributed by atoms with Gasteiger partial charge >= 0.3 is 5.97 Å². The first-order valence-electron chi connectivity index (χ1n) is 6.61. The van der Waals surface area contributed by atoms with Crippen molar-refractivity contribution in [1.82, 2.24) is 5.32 Å². The minimum atomic E-state index is -1.26. The first kappa shape index (κ1) is 17.6. The number of carboxylic acid groups (broad SMARTS) is 1. The van der Waals surface area contributed by atoms with Gasteiger partial charge in [-0.2, -0.15) is 0 Å². The fourth-order valence-corrected chi connectivity index (χ4v) is 1.89. The molecule has 0 spiro atoms. The van der Waals surface area contributed by atoms with E-state index in [1.807, 2.05) is 13.8 Å². The van der Waals surface area contributed by atoms with Crippen LogP contribution in [0.3, 0.4) is 0 Å². The molecule has 0 fully saturated rings. The molecule has 6 nitrogen and oxygen atoms in total. The summed E-state index contributed by atoms with van der Waals surface area (Å²) in [4.78, 5) is 34.0. The van der Waals surface area contributed by atoms with Gasteiger partial charge < -0.3 is 15.5 Å². The van der Waals surface area contributed by atoms with Crippen molar-refractivity contribution in [2.75, 3.05) is 6.61 Å². The van der Waals surface area contributed by atoms with Gasteiger partial charge in [0.15, 0.2) is 5.78 Å². The number of aliphatic hydroxyl groups is 1. The van der Waals surface area contributed by atoms with Crippen LogP contribution in [0, 0.1) is 5.92 Å². The second-order valence-electron chi connectivity index (χ2n) is 4.57. The Balaban J connectivity index is 4.59. The monoisotopic (exact) mass is 273 g/mol. The van der Waals surface area contributed by atoms with Crippen LogP contribution in [-0.4, -0.2) is 40.5 Å². The minimum Gasteiger partial charge on any atom is -0.480 e. The van der Waals surface area contributed by atoms with E-state index in [1.165, 1.54) is 0 Å². The highest BCUT2D eigenvalue weighted by Crippen LogP contribution is 2.14. The summed E-state index contributed by atoms with van der Waals surface area (Å²) < 4.78 is 0. The Kier molecular flexibility index (Phi) is 8.78. The van der Waals surface area contributed by atoms with Gasteiger partial charge in [-0.3, -0.25) is 9.59 Å². The van der Waals surface area contributed by atoms with Gasteiger partial charge in [-0.15, -0.1) is 0 Å². The molecule has 0 aromatic carbocycles. The number of ketones is 1. The molecule has 1 amide bonds. The predicted octanol–water partition coefficient (Wildman–Crippen LogP) is 0.724. The summed E-state index contributed by atoms with van der Waals surface area (Å²) in [5, 5.41) is 20.0. The van der Waals surface area contributed by atoms with Crippen molar-refractivity contribution in [3.8, 4) is 0 Å². The zero-order chi connectivity index (χ0) is 14.8. The SMILES string of the molecule is CCCC(CCC)C(=O)N[C@@H](CC(=O)CO)C(=O)O. The Hall–Kier alpha value is -1.43. The molecule has 0 saturated carbocycles. The maximum Gasteiger partial charge on any atom is 0.326 e. The quantitative estimate of drug-likeness (QED) is 0.544. The predicted molar refractivity (Wildman–Crippen MR) is 69.6 cm³/mol. The highest BCUT2D eigenvalue weighted by molar-refractivity contribution is 5.90. The molecule has 0 heterocycles. The van der Waals surface area contributed by atoms with E-state index in [2.05, 4.69) is 5.32 Å². The van der Waals surface area contributed by atoms with E-state index in [1.54, 1.807) is 0 Å². The van der Waals surface area contributed by atoms with Crippen molar-refractivity contribution in [3.05, 3.63) is 0 Å². The highest BCUT2D eigenvalue weighted by atomic mass is 16.4. The standard InChI is InChI=1S/C13H23NO5/c1-3-5-9(6-4-2)12(17)14-11(13(18)19)7-10(16)8-15/h9,11,15H,3-8H2,1-2H3,(H,14,17)(H,18,19)/t11-/m0/s1. The van der Waals surface area contributed by atoms with Crippen molar-refractivity contribution < 1.29 is 24.6 Å². The van der Waals surface area contributed by atoms with E-state index in [0.717, 1.165) is 12.8 Å².